The van der Waals surface area contributed by atoms with Gasteiger partial charge in [0.05, 0.1) is 5.75 Å². The summed E-state index contributed by atoms with van der Waals surface area (Å²) >= 11 is 1.68. The van der Waals surface area contributed by atoms with Gasteiger partial charge in [0.1, 0.15) is 0 Å². The summed E-state index contributed by atoms with van der Waals surface area (Å²) in [5.74, 6) is 0.352. The summed E-state index contributed by atoms with van der Waals surface area (Å²) in [5, 5.41) is 4.19. The molecule has 0 saturated carbocycles. The Morgan fingerprint density at radius 1 is 1.14 bits per heavy atom. The van der Waals surface area contributed by atoms with E-state index in [9.17, 15) is 8.42 Å². The first-order chi connectivity index (χ1) is 10.0. The Morgan fingerprint density at radius 2 is 1.86 bits per heavy atom. The van der Waals surface area contributed by atoms with Crippen LogP contribution in [0.15, 0.2) is 41.1 Å². The lowest BCUT2D eigenvalue weighted by Crippen LogP contribution is -2.29. The van der Waals surface area contributed by atoms with Crippen molar-refractivity contribution >= 4 is 21.4 Å². The first kappa shape index (κ1) is 16.2. The molecule has 1 aromatic carbocycles. The minimum atomic E-state index is -3.13. The molecular weight excluding hydrogens is 302 g/mol. The molecule has 0 saturated heterocycles. The number of rotatable bonds is 7. The molecule has 5 heteroatoms. The SMILES string of the molecule is CCCS(=O)(=O)NCC(C)c1ccc(-c2ccsc2)cc1. The van der Waals surface area contributed by atoms with Gasteiger partial charge < -0.3 is 0 Å². The van der Waals surface area contributed by atoms with Gasteiger partial charge in [-0.3, -0.25) is 0 Å². The molecule has 1 N–H and O–H groups in total. The van der Waals surface area contributed by atoms with Crippen molar-refractivity contribution in [1.82, 2.24) is 4.72 Å². The molecule has 1 atom stereocenters. The number of nitrogens with one attached hydrogen (secondary N) is 1. The van der Waals surface area contributed by atoms with Gasteiger partial charge in [0.25, 0.3) is 0 Å². The van der Waals surface area contributed by atoms with E-state index < -0.39 is 10.0 Å². The van der Waals surface area contributed by atoms with Crippen LogP contribution in [-0.2, 0) is 10.0 Å². The molecule has 0 spiro atoms. The maximum Gasteiger partial charge on any atom is 0.211 e. The van der Waals surface area contributed by atoms with Crippen LogP contribution in [-0.4, -0.2) is 20.7 Å². The van der Waals surface area contributed by atoms with Crippen LogP contribution in [0.2, 0.25) is 0 Å². The van der Waals surface area contributed by atoms with E-state index in [0.29, 0.717) is 13.0 Å². The molecular formula is C16H21NO2S2. The van der Waals surface area contributed by atoms with Gasteiger partial charge in [-0.15, -0.1) is 0 Å². The zero-order valence-electron chi connectivity index (χ0n) is 12.4. The van der Waals surface area contributed by atoms with Crippen LogP contribution in [0.3, 0.4) is 0 Å². The van der Waals surface area contributed by atoms with Crippen molar-refractivity contribution in [3.8, 4) is 11.1 Å². The fourth-order valence-corrected chi connectivity index (χ4v) is 3.99. The largest absolute Gasteiger partial charge is 0.215 e. The van der Waals surface area contributed by atoms with Gasteiger partial charge in [-0.1, -0.05) is 38.1 Å². The highest BCUT2D eigenvalue weighted by molar-refractivity contribution is 7.89. The van der Waals surface area contributed by atoms with Gasteiger partial charge in [0.2, 0.25) is 10.0 Å². The molecule has 0 aliphatic carbocycles. The highest BCUT2D eigenvalue weighted by Gasteiger charge is 2.12. The first-order valence-electron chi connectivity index (χ1n) is 7.11. The van der Waals surface area contributed by atoms with Gasteiger partial charge in [0, 0.05) is 6.54 Å². The molecule has 3 nitrogen and oxygen atoms in total. The summed E-state index contributed by atoms with van der Waals surface area (Å²) in [6.45, 7) is 4.35. The van der Waals surface area contributed by atoms with Crippen LogP contribution < -0.4 is 4.72 Å². The van der Waals surface area contributed by atoms with Gasteiger partial charge >= 0.3 is 0 Å². The van der Waals surface area contributed by atoms with E-state index in [-0.39, 0.29) is 11.7 Å². The molecule has 1 aromatic heterocycles. The molecule has 2 aromatic rings. The van der Waals surface area contributed by atoms with Crippen LogP contribution in [0.25, 0.3) is 11.1 Å². The first-order valence-corrected chi connectivity index (χ1v) is 9.71. The third kappa shape index (κ3) is 4.66. The Kier molecular flexibility index (Phi) is 5.56. The van der Waals surface area contributed by atoms with Gasteiger partial charge in [0.15, 0.2) is 0 Å². The Morgan fingerprint density at radius 3 is 2.43 bits per heavy atom. The average molecular weight is 323 g/mol. The van der Waals surface area contributed by atoms with Crippen molar-refractivity contribution in [2.45, 2.75) is 26.2 Å². The standard InChI is InChI=1S/C16H21NO2S2/c1-3-10-21(18,19)17-11-13(2)14-4-6-15(7-5-14)16-8-9-20-12-16/h4-9,12-13,17H,3,10-11H2,1-2H3. The number of hydrogen-bond donors (Lipinski definition) is 1. The van der Waals surface area contributed by atoms with Crippen LogP contribution in [0, 0.1) is 0 Å². The summed E-state index contributed by atoms with van der Waals surface area (Å²) in [6, 6.07) is 10.4. The molecule has 0 aliphatic rings. The maximum absolute atomic E-state index is 11.7. The van der Waals surface area contributed by atoms with Gasteiger partial charge in [-0.05, 0) is 45.9 Å². The number of thiophene rings is 1. The second kappa shape index (κ2) is 7.20. The average Bonchev–Trinajstić information content (AvgIpc) is 2.99. The third-order valence-electron chi connectivity index (χ3n) is 3.42. The summed E-state index contributed by atoms with van der Waals surface area (Å²) < 4.78 is 26.0. The Labute approximate surface area is 131 Å². The lowest BCUT2D eigenvalue weighted by Gasteiger charge is -2.13. The van der Waals surface area contributed by atoms with E-state index in [0.717, 1.165) is 5.56 Å². The number of benzene rings is 1. The Balaban J connectivity index is 1.99. The van der Waals surface area contributed by atoms with Crippen molar-refractivity contribution in [2.75, 3.05) is 12.3 Å². The molecule has 0 fully saturated rings. The lowest BCUT2D eigenvalue weighted by atomic mass is 9.99. The highest BCUT2D eigenvalue weighted by Crippen LogP contribution is 2.24. The normalized spacial score (nSPS) is 13.2. The molecule has 0 aliphatic heterocycles. The minimum Gasteiger partial charge on any atom is -0.215 e. The predicted molar refractivity (Wildman–Crippen MR) is 90.3 cm³/mol. The van der Waals surface area contributed by atoms with Gasteiger partial charge in [-0.2, -0.15) is 11.3 Å². The molecule has 2 rings (SSSR count). The molecule has 0 amide bonds. The van der Waals surface area contributed by atoms with Crippen molar-refractivity contribution in [1.29, 1.82) is 0 Å². The van der Waals surface area contributed by atoms with E-state index >= 15 is 0 Å². The third-order valence-corrected chi connectivity index (χ3v) is 5.65. The fourth-order valence-electron chi connectivity index (χ4n) is 2.14. The topological polar surface area (TPSA) is 46.2 Å². The van der Waals surface area contributed by atoms with E-state index in [2.05, 4.69) is 45.8 Å². The van der Waals surface area contributed by atoms with Crippen LogP contribution >= 0.6 is 11.3 Å². The monoisotopic (exact) mass is 323 g/mol. The molecule has 1 unspecified atom stereocenters. The Bertz CT molecular complexity index is 646. The molecule has 1 heterocycles. The van der Waals surface area contributed by atoms with E-state index in [4.69, 9.17) is 0 Å². The van der Waals surface area contributed by atoms with Crippen molar-refractivity contribution < 1.29 is 8.42 Å². The zero-order chi connectivity index (χ0) is 15.3. The molecule has 21 heavy (non-hydrogen) atoms. The predicted octanol–water partition coefficient (Wildman–Crippen LogP) is 3.85. The molecule has 0 bridgehead atoms. The quantitative estimate of drug-likeness (QED) is 0.841. The maximum atomic E-state index is 11.7. The summed E-state index contributed by atoms with van der Waals surface area (Å²) in [7, 11) is -3.13. The van der Waals surface area contributed by atoms with E-state index in [1.807, 2.05) is 13.8 Å². The number of sulfonamides is 1. The van der Waals surface area contributed by atoms with Crippen LogP contribution in [0.1, 0.15) is 31.7 Å². The lowest BCUT2D eigenvalue weighted by molar-refractivity contribution is 0.573. The zero-order valence-corrected chi connectivity index (χ0v) is 14.0. The molecule has 114 valence electrons. The fraction of sp³-hybridized carbons (Fsp3) is 0.375. The van der Waals surface area contributed by atoms with E-state index in [1.54, 1.807) is 11.3 Å². The van der Waals surface area contributed by atoms with Crippen molar-refractivity contribution in [2.24, 2.45) is 0 Å². The molecule has 0 radical (unpaired) electrons. The van der Waals surface area contributed by atoms with Crippen LogP contribution in [0.4, 0.5) is 0 Å². The van der Waals surface area contributed by atoms with E-state index in [1.165, 1.54) is 11.1 Å². The van der Waals surface area contributed by atoms with Crippen LogP contribution in [0.5, 0.6) is 0 Å². The smallest absolute Gasteiger partial charge is 0.211 e. The second-order valence-corrected chi connectivity index (χ2v) is 7.91. The highest BCUT2D eigenvalue weighted by atomic mass is 32.2. The van der Waals surface area contributed by atoms with Gasteiger partial charge in [-0.25, -0.2) is 13.1 Å². The second-order valence-electron chi connectivity index (χ2n) is 5.20. The van der Waals surface area contributed by atoms with Crippen molar-refractivity contribution in [3.05, 3.63) is 46.7 Å². The Hall–Kier alpha value is -1.17. The van der Waals surface area contributed by atoms with Crippen molar-refractivity contribution in [3.63, 3.8) is 0 Å². The summed E-state index contributed by atoms with van der Waals surface area (Å²) in [6.07, 6.45) is 0.638. The minimum absolute atomic E-state index is 0.160. The summed E-state index contributed by atoms with van der Waals surface area (Å²) in [4.78, 5) is 0. The summed E-state index contributed by atoms with van der Waals surface area (Å²) in [5.41, 5.74) is 3.56. The number of hydrogen-bond acceptors (Lipinski definition) is 3.